The van der Waals surface area contributed by atoms with Crippen molar-refractivity contribution in [3.63, 3.8) is 0 Å². The number of carbonyl (C=O) groups excluding carboxylic acids is 3. The topological polar surface area (TPSA) is 155 Å². The van der Waals surface area contributed by atoms with Gasteiger partial charge in [0, 0.05) is 36.4 Å². The van der Waals surface area contributed by atoms with E-state index in [4.69, 9.17) is 24.2 Å². The van der Waals surface area contributed by atoms with Gasteiger partial charge in [-0.3, -0.25) is 9.59 Å². The summed E-state index contributed by atoms with van der Waals surface area (Å²) in [4.78, 5) is 61.1. The Labute approximate surface area is 375 Å². The minimum Gasteiger partial charge on any atom is -0.501 e. The molecule has 3 heterocycles. The zero-order valence-corrected chi connectivity index (χ0v) is 38.5. The van der Waals surface area contributed by atoms with Gasteiger partial charge >= 0.3 is 6.09 Å². The van der Waals surface area contributed by atoms with E-state index in [-0.39, 0.29) is 30.3 Å². The van der Waals surface area contributed by atoms with Gasteiger partial charge in [-0.25, -0.2) is 14.8 Å². The third-order valence-corrected chi connectivity index (χ3v) is 12.5. The summed E-state index contributed by atoms with van der Waals surface area (Å²) in [6.45, 7) is 19.8. The minimum absolute atomic E-state index is 0.158. The van der Waals surface area contributed by atoms with Crippen LogP contribution in [-0.2, 0) is 25.7 Å². The van der Waals surface area contributed by atoms with Crippen molar-refractivity contribution in [2.45, 2.75) is 86.0 Å². The molecule has 0 aliphatic carbocycles. The fourth-order valence-electron chi connectivity index (χ4n) is 8.40. The van der Waals surface area contributed by atoms with E-state index >= 15 is 0 Å². The van der Waals surface area contributed by atoms with E-state index in [1.807, 2.05) is 62.2 Å². The van der Waals surface area contributed by atoms with Crippen LogP contribution in [0.25, 0.3) is 44.2 Å². The second-order valence-corrected chi connectivity index (χ2v) is 17.5. The highest BCUT2D eigenvalue weighted by atomic mass is 16.5. The lowest BCUT2D eigenvalue weighted by Crippen LogP contribution is -2.46. The van der Waals surface area contributed by atoms with Crippen LogP contribution in [0.2, 0.25) is 0 Å². The number of ether oxygens (including phenoxy) is 3. The van der Waals surface area contributed by atoms with Gasteiger partial charge in [0.05, 0.1) is 55.0 Å². The molecule has 64 heavy (non-hydrogen) atoms. The molecule has 0 spiro atoms. The second-order valence-electron chi connectivity index (χ2n) is 17.5. The van der Waals surface area contributed by atoms with Crippen LogP contribution in [0.4, 0.5) is 4.79 Å². The molecule has 0 fully saturated rings. The quantitative estimate of drug-likeness (QED) is 0.0766. The van der Waals surface area contributed by atoms with E-state index < -0.39 is 18.2 Å². The number of imidazole rings is 2. The van der Waals surface area contributed by atoms with Crippen molar-refractivity contribution < 1.29 is 28.6 Å². The molecule has 0 bridgehead atoms. The van der Waals surface area contributed by atoms with Crippen molar-refractivity contribution in [2.24, 2.45) is 17.8 Å². The van der Waals surface area contributed by atoms with Crippen LogP contribution in [-0.4, -0.2) is 75.0 Å². The molecule has 5 unspecified atom stereocenters. The van der Waals surface area contributed by atoms with Gasteiger partial charge in [-0.1, -0.05) is 96.1 Å². The summed E-state index contributed by atoms with van der Waals surface area (Å²) in [5, 5.41) is 4.64. The number of hydrogen-bond donors (Lipinski definition) is 3. The maximum Gasteiger partial charge on any atom is 0.407 e. The summed E-state index contributed by atoms with van der Waals surface area (Å²) in [6.07, 6.45) is 2.62. The number of benzene rings is 4. The number of alkyl carbamates (subject to hydrolysis) is 1. The predicted octanol–water partition coefficient (Wildman–Crippen LogP) is 10.4. The van der Waals surface area contributed by atoms with Gasteiger partial charge < -0.3 is 39.3 Å². The summed E-state index contributed by atoms with van der Waals surface area (Å²) in [6, 6.07) is 22.0. The number of fused-ring (bicyclic) bond motifs is 6. The summed E-state index contributed by atoms with van der Waals surface area (Å²) >= 11 is 0. The standard InChI is InChI=1S/C51H61N7O6/c1-11-30(4)21-45(59)57(26-29(2)3)32(6)48-52-25-43(54-48)37-17-19-39-38(22-37)28-64-44-24-40-36(23-41(39)44)18-20-42-47(40)55-49(53-42)33(7)58(27-31(5)34(8)62-9)50(60)46(56-51(61)63-10)35-15-13-12-14-16-35/h12-20,22-25,29-33,46H,8,11,21,26-28H2,1-7,9-10H3,(H,52,54)(H,53,55)(H,56,61). The summed E-state index contributed by atoms with van der Waals surface area (Å²) in [5.74, 6) is 2.86. The van der Waals surface area contributed by atoms with Crippen molar-refractivity contribution in [3.05, 3.63) is 114 Å². The number of nitrogens with zero attached hydrogens (tertiary/aromatic N) is 4. The molecule has 13 nitrogen and oxygen atoms in total. The maximum absolute atomic E-state index is 14.6. The fourth-order valence-corrected chi connectivity index (χ4v) is 8.40. The molecule has 0 saturated carbocycles. The van der Waals surface area contributed by atoms with Crippen molar-refractivity contribution in [3.8, 4) is 28.1 Å². The molecule has 3 N–H and O–H groups in total. The number of aromatic amines is 2. The summed E-state index contributed by atoms with van der Waals surface area (Å²) in [5.41, 5.74) is 7.17. The number of H-pyrrole nitrogens is 2. The highest BCUT2D eigenvalue weighted by Gasteiger charge is 2.34. The van der Waals surface area contributed by atoms with Crippen molar-refractivity contribution in [2.75, 3.05) is 27.3 Å². The molecule has 4 aromatic carbocycles. The first-order valence-corrected chi connectivity index (χ1v) is 22.2. The molecule has 6 aromatic rings. The number of methoxy groups -OCH3 is 2. The Morgan fingerprint density at radius 2 is 1.61 bits per heavy atom. The van der Waals surface area contributed by atoms with Crippen LogP contribution in [0, 0.1) is 17.8 Å². The molecular weight excluding hydrogens is 807 g/mol. The van der Waals surface area contributed by atoms with Gasteiger partial charge in [-0.15, -0.1) is 0 Å². The number of rotatable bonds is 17. The van der Waals surface area contributed by atoms with E-state index in [0.717, 1.165) is 67.7 Å². The first-order chi connectivity index (χ1) is 30.7. The number of hydrogen-bond acceptors (Lipinski definition) is 8. The molecule has 1 aliphatic rings. The Morgan fingerprint density at radius 3 is 2.31 bits per heavy atom. The SMILES string of the molecule is C=C(OC)C(C)CN(C(=O)C(NC(=O)OC)c1ccccc1)C(C)c1nc2c(ccc3cc4c(cc32)OCc2cc(-c3cnc(C(C)N(CC(C)C)C(=O)CC(C)CC)[nH]3)ccc2-4)[nH]1. The third-order valence-electron chi connectivity index (χ3n) is 12.5. The van der Waals surface area contributed by atoms with Crippen LogP contribution in [0.15, 0.2) is 91.3 Å². The average molecular weight is 868 g/mol. The van der Waals surface area contributed by atoms with Crippen molar-refractivity contribution in [1.29, 1.82) is 0 Å². The molecular formula is C51H61N7O6. The van der Waals surface area contributed by atoms with Crippen LogP contribution >= 0.6 is 0 Å². The fraction of sp³-hybridized carbons (Fsp3) is 0.392. The molecule has 1 aliphatic heterocycles. The summed E-state index contributed by atoms with van der Waals surface area (Å²) in [7, 11) is 2.83. The van der Waals surface area contributed by atoms with Crippen molar-refractivity contribution >= 4 is 39.7 Å². The molecule has 5 atom stereocenters. The van der Waals surface area contributed by atoms with Gasteiger partial charge in [0.1, 0.15) is 30.0 Å². The minimum atomic E-state index is -1.02. The Hall–Kier alpha value is -6.63. The first-order valence-electron chi connectivity index (χ1n) is 22.2. The smallest absolute Gasteiger partial charge is 0.407 e. The zero-order chi connectivity index (χ0) is 45.8. The molecule has 7 rings (SSSR count). The molecule has 3 amide bonds. The van der Waals surface area contributed by atoms with Gasteiger partial charge in [0.15, 0.2) is 0 Å². The van der Waals surface area contributed by atoms with E-state index in [2.05, 4.69) is 79.9 Å². The lowest BCUT2D eigenvalue weighted by Gasteiger charge is -2.34. The highest BCUT2D eigenvalue weighted by Crippen LogP contribution is 2.43. The first kappa shape index (κ1) is 45.4. The Morgan fingerprint density at radius 1 is 0.859 bits per heavy atom. The Bertz CT molecular complexity index is 2650. The van der Waals surface area contributed by atoms with E-state index in [9.17, 15) is 14.4 Å². The van der Waals surface area contributed by atoms with E-state index in [1.54, 1.807) is 24.1 Å². The van der Waals surface area contributed by atoms with Crippen LogP contribution < -0.4 is 10.1 Å². The number of amides is 3. The Balaban J connectivity index is 1.17. The molecule has 2 aromatic heterocycles. The van der Waals surface area contributed by atoms with Crippen LogP contribution in [0.3, 0.4) is 0 Å². The normalized spacial score (nSPS) is 14.4. The Kier molecular flexibility index (Phi) is 13.8. The van der Waals surface area contributed by atoms with Gasteiger partial charge in [-0.05, 0) is 77.6 Å². The van der Waals surface area contributed by atoms with E-state index in [1.165, 1.54) is 7.11 Å². The van der Waals surface area contributed by atoms with E-state index in [0.29, 0.717) is 48.6 Å². The molecule has 0 saturated heterocycles. The molecule has 13 heteroatoms. The van der Waals surface area contributed by atoms with Gasteiger partial charge in [0.2, 0.25) is 5.91 Å². The average Bonchev–Trinajstić information content (AvgIpc) is 3.99. The number of nitrogens with one attached hydrogen (secondary N) is 3. The lowest BCUT2D eigenvalue weighted by molar-refractivity contribution is -0.137. The predicted molar refractivity (Wildman–Crippen MR) is 250 cm³/mol. The highest BCUT2D eigenvalue weighted by molar-refractivity contribution is 6.07. The van der Waals surface area contributed by atoms with Crippen molar-refractivity contribution in [1.82, 2.24) is 35.1 Å². The number of aromatic nitrogens is 4. The monoisotopic (exact) mass is 867 g/mol. The number of carbonyl (C=O) groups is 3. The third kappa shape index (κ3) is 9.48. The van der Waals surface area contributed by atoms with Gasteiger partial charge in [-0.2, -0.15) is 0 Å². The second kappa shape index (κ2) is 19.4. The van der Waals surface area contributed by atoms with Gasteiger partial charge in [0.25, 0.3) is 5.91 Å². The maximum atomic E-state index is 14.6. The zero-order valence-electron chi connectivity index (χ0n) is 38.5. The molecule has 336 valence electrons. The molecule has 0 radical (unpaired) electrons. The lowest BCUT2D eigenvalue weighted by atomic mass is 9.92. The largest absolute Gasteiger partial charge is 0.501 e. The van der Waals surface area contributed by atoms with Crippen LogP contribution in [0.1, 0.15) is 102 Å². The van der Waals surface area contributed by atoms with Crippen LogP contribution in [0.5, 0.6) is 5.75 Å². The summed E-state index contributed by atoms with van der Waals surface area (Å²) < 4.78 is 16.8.